The maximum absolute atomic E-state index is 12.0. The lowest BCUT2D eigenvalue weighted by atomic mass is 11.2. The van der Waals surface area contributed by atoms with E-state index in [0.717, 1.165) is 7.11 Å². The van der Waals surface area contributed by atoms with Crippen LogP contribution in [0.4, 0.5) is 13.2 Å². The van der Waals surface area contributed by atoms with Crippen LogP contribution < -0.4 is 4.74 Å². The Kier molecular flexibility index (Phi) is 2.35. The van der Waals surface area contributed by atoms with Crippen LogP contribution in [0.15, 0.2) is 0 Å². The molecule has 0 unspecified atom stereocenters. The number of hydrogen-bond donors (Lipinski definition) is 0. The summed E-state index contributed by atoms with van der Waals surface area (Å²) in [6, 6.07) is -0.859. The van der Waals surface area contributed by atoms with E-state index < -0.39 is 25.6 Å². The number of halogens is 3. The van der Waals surface area contributed by atoms with Gasteiger partial charge in [0.2, 0.25) is 0 Å². The number of alkyl halides is 3. The third-order valence-electron chi connectivity index (χ3n) is 1.12. The molecule has 0 atom stereocenters. The smallest absolute Gasteiger partial charge is 0.465 e. The molecule has 0 saturated heterocycles. The Morgan fingerprint density at radius 3 is 2.43 bits per heavy atom. The molecule has 1 aromatic heterocycles. The van der Waals surface area contributed by atoms with E-state index in [0.29, 0.717) is 0 Å². The average molecular weight is 232 g/mol. The van der Waals surface area contributed by atoms with Crippen LogP contribution in [0, 0.1) is 0 Å². The summed E-state index contributed by atoms with van der Waals surface area (Å²) in [5, 5.41) is 8.29. The monoisotopic (exact) mass is 232 g/mol. The molecule has 0 aromatic carbocycles. The molecule has 1 rings (SSSR count). The third kappa shape index (κ3) is 1.49. The van der Waals surface area contributed by atoms with E-state index in [1.165, 1.54) is 0 Å². The van der Waals surface area contributed by atoms with Crippen LogP contribution in [0.1, 0.15) is 0 Å². The lowest BCUT2D eigenvalue weighted by Gasteiger charge is -2.07. The molecule has 80 valence electrons. The highest BCUT2D eigenvalue weighted by molar-refractivity contribution is 7.90. The van der Waals surface area contributed by atoms with Gasteiger partial charge in [0.15, 0.2) is 0 Å². The average Bonchev–Trinajstić information content (AvgIpc) is 2.49. The summed E-state index contributed by atoms with van der Waals surface area (Å²) in [6.07, 6.45) is 0. The van der Waals surface area contributed by atoms with Crippen molar-refractivity contribution in [3.63, 3.8) is 0 Å². The van der Waals surface area contributed by atoms with Crippen molar-refractivity contribution in [2.24, 2.45) is 0 Å². The second-order valence-corrected chi connectivity index (χ2v) is 3.72. The number of rotatable bonds is 2. The molecular formula is C3H3F3N4O3S. The zero-order chi connectivity index (χ0) is 11.0. The molecule has 0 bridgehead atoms. The standard InChI is InChI=1S/C3H3F3N4O3S/c1-13-2-7-8-9-10(2)14(11,12)3(4,5)6/h1H3. The second-order valence-electron chi connectivity index (χ2n) is 1.96. The van der Waals surface area contributed by atoms with E-state index in [1.807, 2.05) is 0 Å². The molecule has 0 saturated carbocycles. The molecule has 0 amide bonds. The molecule has 11 heteroatoms. The number of nitrogens with zero attached hydrogens (tertiary/aromatic N) is 4. The van der Waals surface area contributed by atoms with Crippen LogP contribution in [-0.4, -0.2) is 40.6 Å². The predicted octanol–water partition coefficient (Wildman–Crippen LogP) is -0.621. The van der Waals surface area contributed by atoms with E-state index in [-0.39, 0.29) is 0 Å². The first-order chi connectivity index (χ1) is 6.30. The van der Waals surface area contributed by atoms with Gasteiger partial charge in [0.05, 0.1) is 7.11 Å². The molecule has 0 radical (unpaired) electrons. The fraction of sp³-hybridized carbons (Fsp3) is 0.667. The summed E-state index contributed by atoms with van der Waals surface area (Å²) >= 11 is 0. The molecule has 0 aliphatic rings. The maximum atomic E-state index is 12.0. The van der Waals surface area contributed by atoms with E-state index in [2.05, 4.69) is 20.3 Å². The van der Waals surface area contributed by atoms with Gasteiger partial charge in [0.1, 0.15) is 0 Å². The van der Waals surface area contributed by atoms with Crippen LogP contribution in [0.5, 0.6) is 6.01 Å². The minimum atomic E-state index is -5.62. The Balaban J connectivity index is 3.31. The summed E-state index contributed by atoms with van der Waals surface area (Å²) in [4.78, 5) is 0. The molecule has 0 spiro atoms. The van der Waals surface area contributed by atoms with Gasteiger partial charge < -0.3 is 4.74 Å². The highest BCUT2D eigenvalue weighted by Gasteiger charge is 2.50. The second kappa shape index (κ2) is 3.08. The molecule has 0 N–H and O–H groups in total. The highest BCUT2D eigenvalue weighted by atomic mass is 32.2. The fourth-order valence-electron chi connectivity index (χ4n) is 0.539. The largest absolute Gasteiger partial charge is 0.518 e. The Morgan fingerprint density at radius 2 is 2.00 bits per heavy atom. The van der Waals surface area contributed by atoms with Crippen LogP contribution in [0.25, 0.3) is 0 Å². The van der Waals surface area contributed by atoms with Crippen molar-refractivity contribution in [1.82, 2.24) is 19.6 Å². The summed E-state index contributed by atoms with van der Waals surface area (Å²) < 4.78 is 61.1. The third-order valence-corrected chi connectivity index (χ3v) is 2.39. The Morgan fingerprint density at radius 1 is 1.43 bits per heavy atom. The normalized spacial score (nSPS) is 12.9. The molecule has 0 aliphatic heterocycles. The van der Waals surface area contributed by atoms with Crippen LogP contribution >= 0.6 is 0 Å². The van der Waals surface area contributed by atoms with Gasteiger partial charge in [-0.15, -0.1) is 0 Å². The number of ether oxygens (including phenoxy) is 1. The Hall–Kier alpha value is -1.39. The van der Waals surface area contributed by atoms with E-state index in [9.17, 15) is 21.6 Å². The first-order valence-corrected chi connectivity index (χ1v) is 4.39. The zero-order valence-corrected chi connectivity index (χ0v) is 7.37. The van der Waals surface area contributed by atoms with Crippen LogP contribution in [0.2, 0.25) is 0 Å². The molecular weight excluding hydrogens is 229 g/mol. The molecule has 1 heterocycles. The lowest BCUT2D eigenvalue weighted by Crippen LogP contribution is -2.31. The predicted molar refractivity (Wildman–Crippen MR) is 34.7 cm³/mol. The van der Waals surface area contributed by atoms with Crippen molar-refractivity contribution in [2.45, 2.75) is 5.51 Å². The topological polar surface area (TPSA) is 87.0 Å². The van der Waals surface area contributed by atoms with Gasteiger partial charge in [-0.05, 0) is 10.4 Å². The Labute approximate surface area is 75.5 Å². The minimum Gasteiger partial charge on any atom is -0.465 e. The molecule has 0 fully saturated rings. The number of tetrazole rings is 1. The zero-order valence-electron chi connectivity index (χ0n) is 6.56. The summed E-state index contributed by atoms with van der Waals surface area (Å²) in [7, 11) is -4.68. The maximum Gasteiger partial charge on any atom is 0.518 e. The fourth-order valence-corrected chi connectivity index (χ4v) is 1.18. The number of aromatic nitrogens is 4. The van der Waals surface area contributed by atoms with Crippen molar-refractivity contribution < 1.29 is 26.3 Å². The van der Waals surface area contributed by atoms with Gasteiger partial charge in [0.25, 0.3) is 0 Å². The first kappa shape index (κ1) is 10.7. The van der Waals surface area contributed by atoms with Crippen molar-refractivity contribution in [3.05, 3.63) is 0 Å². The first-order valence-electron chi connectivity index (χ1n) is 2.95. The van der Waals surface area contributed by atoms with Gasteiger partial charge in [0, 0.05) is 0 Å². The van der Waals surface area contributed by atoms with Gasteiger partial charge in [-0.1, -0.05) is 9.19 Å². The van der Waals surface area contributed by atoms with E-state index >= 15 is 0 Å². The van der Waals surface area contributed by atoms with E-state index in [4.69, 9.17) is 0 Å². The van der Waals surface area contributed by atoms with Crippen molar-refractivity contribution in [1.29, 1.82) is 0 Å². The SMILES string of the molecule is COc1nnnn1S(=O)(=O)C(F)(F)F. The van der Waals surface area contributed by atoms with Crippen molar-refractivity contribution in [3.8, 4) is 6.01 Å². The molecule has 14 heavy (non-hydrogen) atoms. The van der Waals surface area contributed by atoms with E-state index in [1.54, 1.807) is 0 Å². The van der Waals surface area contributed by atoms with Crippen molar-refractivity contribution in [2.75, 3.05) is 7.11 Å². The van der Waals surface area contributed by atoms with Gasteiger partial charge >= 0.3 is 21.5 Å². The van der Waals surface area contributed by atoms with Gasteiger partial charge in [-0.25, -0.2) is 0 Å². The highest BCUT2D eigenvalue weighted by Crippen LogP contribution is 2.26. The van der Waals surface area contributed by atoms with Crippen molar-refractivity contribution >= 4 is 10.0 Å². The van der Waals surface area contributed by atoms with Crippen LogP contribution in [0.3, 0.4) is 0 Å². The van der Waals surface area contributed by atoms with Gasteiger partial charge in [-0.3, -0.25) is 0 Å². The molecule has 1 aromatic rings. The Bertz CT molecular complexity index is 423. The summed E-state index contributed by atoms with van der Waals surface area (Å²) in [5.41, 5.74) is -5.48. The molecule has 0 aliphatic carbocycles. The number of hydrogen-bond acceptors (Lipinski definition) is 6. The van der Waals surface area contributed by atoms with Crippen LogP contribution in [-0.2, 0) is 10.0 Å². The minimum absolute atomic E-state index is 0.438. The molecule has 7 nitrogen and oxygen atoms in total. The quantitative estimate of drug-likeness (QED) is 0.675. The number of methoxy groups -OCH3 is 1. The summed E-state index contributed by atoms with van der Waals surface area (Å²) in [5.74, 6) is 0. The lowest BCUT2D eigenvalue weighted by molar-refractivity contribution is -0.0451. The summed E-state index contributed by atoms with van der Waals surface area (Å²) in [6.45, 7) is 0. The van der Waals surface area contributed by atoms with Gasteiger partial charge in [-0.2, -0.15) is 21.6 Å².